The molecule has 0 radical (unpaired) electrons. The molecule has 0 saturated heterocycles. The van der Waals surface area contributed by atoms with Gasteiger partial charge >= 0.3 is 0 Å². The van der Waals surface area contributed by atoms with Crippen LogP contribution in [-0.4, -0.2) is 19.6 Å². The molecule has 4 rings (SSSR count). The highest BCUT2D eigenvalue weighted by Crippen LogP contribution is 2.28. The molecule has 0 amide bonds. The van der Waals surface area contributed by atoms with Crippen LogP contribution in [0.5, 0.6) is 0 Å². The molecular formula is C16H11ClFN5. The highest BCUT2D eigenvalue weighted by molar-refractivity contribution is 6.33. The topological polar surface area (TPSA) is 55.1 Å². The van der Waals surface area contributed by atoms with Gasteiger partial charge in [0.05, 0.1) is 21.7 Å². The lowest BCUT2D eigenvalue weighted by molar-refractivity contribution is 0.628. The molecule has 2 heterocycles. The standard InChI is InChI=1S/C16H11ClFN5/c1-9-21-22-16-15(19-12-7-6-10(18)8-11(12)17)20-13-4-2-3-5-14(13)23(9)16/h2-8H,1H3,(H,19,20). The molecule has 2 aromatic carbocycles. The molecule has 0 aliphatic carbocycles. The second-order valence-electron chi connectivity index (χ2n) is 5.10. The van der Waals surface area contributed by atoms with Gasteiger partial charge in [-0.1, -0.05) is 23.7 Å². The molecule has 0 spiro atoms. The normalized spacial score (nSPS) is 11.3. The number of halogens is 2. The largest absolute Gasteiger partial charge is 0.336 e. The lowest BCUT2D eigenvalue weighted by Crippen LogP contribution is -2.01. The number of rotatable bonds is 2. The van der Waals surface area contributed by atoms with E-state index >= 15 is 0 Å². The Labute approximate surface area is 135 Å². The van der Waals surface area contributed by atoms with E-state index in [9.17, 15) is 4.39 Å². The second kappa shape index (κ2) is 5.17. The molecule has 1 N–H and O–H groups in total. The van der Waals surface area contributed by atoms with Gasteiger partial charge in [0, 0.05) is 0 Å². The summed E-state index contributed by atoms with van der Waals surface area (Å²) in [6.07, 6.45) is 0. The van der Waals surface area contributed by atoms with Gasteiger partial charge in [0.2, 0.25) is 5.65 Å². The summed E-state index contributed by atoms with van der Waals surface area (Å²) in [7, 11) is 0. The van der Waals surface area contributed by atoms with Crippen LogP contribution in [0.15, 0.2) is 42.5 Å². The van der Waals surface area contributed by atoms with Crippen LogP contribution in [0.1, 0.15) is 5.82 Å². The summed E-state index contributed by atoms with van der Waals surface area (Å²) < 4.78 is 15.1. The summed E-state index contributed by atoms with van der Waals surface area (Å²) in [6, 6.07) is 11.9. The molecule has 0 saturated carbocycles. The van der Waals surface area contributed by atoms with Crippen molar-refractivity contribution in [2.75, 3.05) is 5.32 Å². The number of aryl methyl sites for hydroxylation is 1. The van der Waals surface area contributed by atoms with Crippen LogP contribution in [0.2, 0.25) is 5.02 Å². The Morgan fingerprint density at radius 3 is 2.78 bits per heavy atom. The van der Waals surface area contributed by atoms with Crippen LogP contribution in [0, 0.1) is 12.7 Å². The van der Waals surface area contributed by atoms with Crippen LogP contribution in [0.3, 0.4) is 0 Å². The monoisotopic (exact) mass is 327 g/mol. The summed E-state index contributed by atoms with van der Waals surface area (Å²) in [5.41, 5.74) is 2.85. The molecular weight excluding hydrogens is 317 g/mol. The van der Waals surface area contributed by atoms with Crippen molar-refractivity contribution in [3.63, 3.8) is 0 Å². The van der Waals surface area contributed by atoms with Gasteiger partial charge in [0.15, 0.2) is 5.82 Å². The zero-order valence-corrected chi connectivity index (χ0v) is 12.8. The van der Waals surface area contributed by atoms with Crippen molar-refractivity contribution in [1.82, 2.24) is 19.6 Å². The lowest BCUT2D eigenvalue weighted by atomic mass is 10.3. The summed E-state index contributed by atoms with van der Waals surface area (Å²) in [5, 5.41) is 11.7. The van der Waals surface area contributed by atoms with Gasteiger partial charge in [-0.3, -0.25) is 4.40 Å². The number of nitrogens with zero attached hydrogens (tertiary/aromatic N) is 4. The maximum Gasteiger partial charge on any atom is 0.204 e. The lowest BCUT2D eigenvalue weighted by Gasteiger charge is -2.10. The van der Waals surface area contributed by atoms with E-state index in [1.165, 1.54) is 12.1 Å². The summed E-state index contributed by atoms with van der Waals surface area (Å²) in [5.74, 6) is 0.875. The average Bonchev–Trinajstić information content (AvgIpc) is 2.93. The minimum absolute atomic E-state index is 0.273. The van der Waals surface area contributed by atoms with Gasteiger partial charge in [-0.05, 0) is 37.3 Å². The van der Waals surface area contributed by atoms with Crippen molar-refractivity contribution in [2.24, 2.45) is 0 Å². The van der Waals surface area contributed by atoms with Crippen LogP contribution < -0.4 is 5.32 Å². The Hall–Kier alpha value is -2.73. The van der Waals surface area contributed by atoms with Crippen molar-refractivity contribution in [2.45, 2.75) is 6.92 Å². The highest BCUT2D eigenvalue weighted by Gasteiger charge is 2.14. The van der Waals surface area contributed by atoms with E-state index in [1.807, 2.05) is 35.6 Å². The maximum atomic E-state index is 13.2. The highest BCUT2D eigenvalue weighted by atomic mass is 35.5. The van der Waals surface area contributed by atoms with Crippen molar-refractivity contribution < 1.29 is 4.39 Å². The number of nitrogens with one attached hydrogen (secondary N) is 1. The number of para-hydroxylation sites is 2. The fourth-order valence-electron chi connectivity index (χ4n) is 2.52. The van der Waals surface area contributed by atoms with Gasteiger partial charge in [-0.15, -0.1) is 10.2 Å². The molecule has 0 atom stereocenters. The smallest absolute Gasteiger partial charge is 0.204 e. The fraction of sp³-hybridized carbons (Fsp3) is 0.0625. The minimum atomic E-state index is -0.393. The first kappa shape index (κ1) is 13.9. The van der Waals surface area contributed by atoms with E-state index < -0.39 is 5.82 Å². The number of hydrogen-bond acceptors (Lipinski definition) is 4. The fourth-order valence-corrected chi connectivity index (χ4v) is 2.74. The van der Waals surface area contributed by atoms with Crippen LogP contribution >= 0.6 is 11.6 Å². The third-order valence-electron chi connectivity index (χ3n) is 3.58. The van der Waals surface area contributed by atoms with E-state index in [2.05, 4.69) is 20.5 Å². The molecule has 0 aliphatic heterocycles. The zero-order valence-electron chi connectivity index (χ0n) is 12.1. The molecule has 0 unspecified atom stereocenters. The van der Waals surface area contributed by atoms with Crippen molar-refractivity contribution >= 4 is 39.8 Å². The Kier molecular flexibility index (Phi) is 3.12. The van der Waals surface area contributed by atoms with Crippen LogP contribution in [0.25, 0.3) is 16.7 Å². The zero-order chi connectivity index (χ0) is 16.0. The molecule has 23 heavy (non-hydrogen) atoms. The quantitative estimate of drug-likeness (QED) is 0.601. The SMILES string of the molecule is Cc1nnc2c(Nc3ccc(F)cc3Cl)nc3ccccc3n12. The van der Waals surface area contributed by atoms with Gasteiger partial charge in [-0.25, -0.2) is 9.37 Å². The third kappa shape index (κ3) is 2.27. The first-order valence-electron chi connectivity index (χ1n) is 6.96. The Morgan fingerprint density at radius 1 is 1.13 bits per heavy atom. The number of anilines is 2. The van der Waals surface area contributed by atoms with Gasteiger partial charge in [0.1, 0.15) is 11.6 Å². The molecule has 5 nitrogen and oxygen atoms in total. The molecule has 2 aromatic heterocycles. The Bertz CT molecular complexity index is 1040. The molecule has 4 aromatic rings. The van der Waals surface area contributed by atoms with Crippen LogP contribution in [0.4, 0.5) is 15.9 Å². The predicted octanol–water partition coefficient (Wildman–Crippen LogP) is 4.12. The van der Waals surface area contributed by atoms with E-state index in [0.717, 1.165) is 16.9 Å². The Balaban J connectivity index is 1.95. The first-order chi connectivity index (χ1) is 11.1. The first-order valence-corrected chi connectivity index (χ1v) is 7.34. The van der Waals surface area contributed by atoms with E-state index in [-0.39, 0.29) is 5.02 Å². The number of hydrogen-bond donors (Lipinski definition) is 1. The van der Waals surface area contributed by atoms with Gasteiger partial charge < -0.3 is 5.32 Å². The van der Waals surface area contributed by atoms with E-state index in [0.29, 0.717) is 17.2 Å². The summed E-state index contributed by atoms with van der Waals surface area (Å²) in [6.45, 7) is 1.88. The van der Waals surface area contributed by atoms with E-state index in [1.54, 1.807) is 6.07 Å². The third-order valence-corrected chi connectivity index (χ3v) is 3.89. The van der Waals surface area contributed by atoms with Crippen molar-refractivity contribution in [1.29, 1.82) is 0 Å². The summed E-state index contributed by atoms with van der Waals surface area (Å²) in [4.78, 5) is 4.59. The molecule has 114 valence electrons. The average molecular weight is 328 g/mol. The molecule has 0 fully saturated rings. The molecule has 7 heteroatoms. The molecule has 0 aliphatic rings. The summed E-state index contributed by atoms with van der Waals surface area (Å²) >= 11 is 6.08. The van der Waals surface area contributed by atoms with Crippen molar-refractivity contribution in [3.8, 4) is 0 Å². The Morgan fingerprint density at radius 2 is 1.96 bits per heavy atom. The molecule has 0 bridgehead atoms. The van der Waals surface area contributed by atoms with Gasteiger partial charge in [-0.2, -0.15) is 0 Å². The number of fused-ring (bicyclic) bond motifs is 3. The predicted molar refractivity (Wildman–Crippen MR) is 87.7 cm³/mol. The maximum absolute atomic E-state index is 13.2. The number of benzene rings is 2. The van der Waals surface area contributed by atoms with Crippen LogP contribution in [-0.2, 0) is 0 Å². The van der Waals surface area contributed by atoms with E-state index in [4.69, 9.17) is 11.6 Å². The number of aromatic nitrogens is 4. The minimum Gasteiger partial charge on any atom is -0.336 e. The second-order valence-corrected chi connectivity index (χ2v) is 5.51. The van der Waals surface area contributed by atoms with Crippen molar-refractivity contribution in [3.05, 3.63) is 59.1 Å². The van der Waals surface area contributed by atoms with Gasteiger partial charge in [0.25, 0.3) is 0 Å².